The van der Waals surface area contributed by atoms with Crippen LogP contribution in [0.5, 0.6) is 0 Å². The average Bonchev–Trinajstić information content (AvgIpc) is 1.41. The molecule has 0 bridgehead atoms. The van der Waals surface area contributed by atoms with Crippen molar-refractivity contribution in [1.82, 2.24) is 0 Å². The van der Waals surface area contributed by atoms with Crippen molar-refractivity contribution >= 4 is 45.6 Å². The first-order valence-electron chi connectivity index (χ1n) is 1.63. The van der Waals surface area contributed by atoms with Crippen molar-refractivity contribution in [3.63, 3.8) is 0 Å². The molecule has 0 saturated carbocycles. The fourth-order valence-electron chi connectivity index (χ4n) is 0.136. The molecule has 0 unspecified atom stereocenters. The summed E-state index contributed by atoms with van der Waals surface area (Å²) >= 11 is 0.146. The summed E-state index contributed by atoms with van der Waals surface area (Å²) in [6.07, 6.45) is 2.34. The van der Waals surface area contributed by atoms with Gasteiger partial charge in [0.15, 0.2) is 0 Å². The Morgan fingerprint density at radius 3 is 1.60 bits per heavy atom. The molecule has 0 spiro atoms. The quantitative estimate of drug-likeness (QED) is 0.670. The summed E-state index contributed by atoms with van der Waals surface area (Å²) < 4.78 is 0. The van der Waals surface area contributed by atoms with Crippen LogP contribution in [0.25, 0.3) is 0 Å². The third-order valence-corrected chi connectivity index (χ3v) is 36.7. The summed E-state index contributed by atoms with van der Waals surface area (Å²) in [5, 5.41) is 0. The first-order valence-corrected chi connectivity index (χ1v) is 17.2. The Labute approximate surface area is 54.8 Å². The van der Waals surface area contributed by atoms with Gasteiger partial charge in [0, 0.05) is 0 Å². The predicted molar refractivity (Wildman–Crippen MR) is 33.6 cm³/mol. The molecule has 30 valence electrons. The SMILES string of the molecule is [CH3][SnH][S][SnH][CH3]. The van der Waals surface area contributed by atoms with Crippen LogP contribution in [0.4, 0.5) is 0 Å². The molecule has 0 aliphatic rings. The van der Waals surface area contributed by atoms with E-state index in [1.807, 2.05) is 0 Å². The summed E-state index contributed by atoms with van der Waals surface area (Å²) in [7, 11) is 0. The Kier molecular flexibility index (Phi) is 8.26. The minimum absolute atomic E-state index is 0.0729. The van der Waals surface area contributed by atoms with Gasteiger partial charge in [0.25, 0.3) is 0 Å². The molecular weight excluding hydrogens is 294 g/mol. The molecule has 0 amide bonds. The number of hydrogen-bond donors (Lipinski definition) is 0. The summed E-state index contributed by atoms with van der Waals surface area (Å²) in [5.41, 5.74) is 0. The Hall–Kier alpha value is 1.95. The first-order chi connectivity index (χ1) is 2.41. The van der Waals surface area contributed by atoms with Gasteiger partial charge in [0.05, 0.1) is 0 Å². The maximum absolute atomic E-state index is 2.41. The fourth-order valence-corrected chi connectivity index (χ4v) is 18.4. The predicted octanol–water partition coefficient (Wildman–Crippen LogP) is 0.519. The van der Waals surface area contributed by atoms with Gasteiger partial charge >= 0.3 is 55.5 Å². The Morgan fingerprint density at radius 1 is 1.20 bits per heavy atom. The molecule has 0 nitrogen and oxygen atoms in total. The summed E-state index contributed by atoms with van der Waals surface area (Å²) in [6, 6.07) is 0. The van der Waals surface area contributed by atoms with E-state index in [0.29, 0.717) is 0 Å². The minimum atomic E-state index is 0.0729. The average molecular weight is 302 g/mol. The van der Waals surface area contributed by atoms with Crippen LogP contribution in [0.1, 0.15) is 0 Å². The van der Waals surface area contributed by atoms with Crippen molar-refractivity contribution in [2.45, 2.75) is 9.88 Å². The van der Waals surface area contributed by atoms with Crippen LogP contribution in [0, 0.1) is 0 Å². The molecule has 0 aliphatic heterocycles. The molecule has 0 aromatic rings. The van der Waals surface area contributed by atoms with Gasteiger partial charge in [-0.2, -0.15) is 0 Å². The van der Waals surface area contributed by atoms with Gasteiger partial charge in [-0.15, -0.1) is 0 Å². The maximum atomic E-state index is 2.41. The zero-order chi connectivity index (χ0) is 4.12. The molecule has 2 radical (unpaired) electrons. The van der Waals surface area contributed by atoms with Gasteiger partial charge in [-0.05, 0) is 0 Å². The van der Waals surface area contributed by atoms with E-state index in [-0.39, 0.29) is 39.5 Å². The molecule has 0 saturated heterocycles. The second kappa shape index (κ2) is 5.95. The first kappa shape index (κ1) is 6.95. The molecule has 3 heteroatoms. The van der Waals surface area contributed by atoms with Crippen molar-refractivity contribution in [3.05, 3.63) is 0 Å². The van der Waals surface area contributed by atoms with E-state index in [2.05, 4.69) is 16.0 Å². The van der Waals surface area contributed by atoms with E-state index in [0.717, 1.165) is 0 Å². The Balaban J connectivity index is 2.19. The second-order valence-corrected chi connectivity index (χ2v) is 27.9. The Bertz CT molecular complexity index is 15.1. The van der Waals surface area contributed by atoms with E-state index in [9.17, 15) is 0 Å². The molecular formula is C2H8SSn2. The van der Waals surface area contributed by atoms with E-state index >= 15 is 0 Å². The van der Waals surface area contributed by atoms with E-state index < -0.39 is 0 Å². The van der Waals surface area contributed by atoms with Gasteiger partial charge in [-0.25, -0.2) is 0 Å². The van der Waals surface area contributed by atoms with E-state index in [4.69, 9.17) is 0 Å². The van der Waals surface area contributed by atoms with Crippen LogP contribution in [0.2, 0.25) is 9.88 Å². The number of hydrogen-bond acceptors (Lipinski definition) is 1. The monoisotopic (exact) mass is 304 g/mol. The van der Waals surface area contributed by atoms with Crippen molar-refractivity contribution in [1.29, 1.82) is 0 Å². The molecule has 0 aromatic heterocycles. The zero-order valence-electron chi connectivity index (χ0n) is 3.56. The molecule has 0 atom stereocenters. The van der Waals surface area contributed by atoms with E-state index in [1.165, 1.54) is 0 Å². The molecule has 5 heavy (non-hydrogen) atoms. The van der Waals surface area contributed by atoms with Crippen molar-refractivity contribution in [3.8, 4) is 0 Å². The van der Waals surface area contributed by atoms with Gasteiger partial charge in [-0.1, -0.05) is 0 Å². The van der Waals surface area contributed by atoms with Gasteiger partial charge in [0.2, 0.25) is 0 Å². The summed E-state index contributed by atoms with van der Waals surface area (Å²) in [6.45, 7) is 0. The standard InChI is InChI=1S/2CH3.S.2Sn.2H/h2*1H3;;;;;. The van der Waals surface area contributed by atoms with Crippen LogP contribution in [-0.4, -0.2) is 39.5 Å². The normalized spacial score (nSPS) is 8.40. The Morgan fingerprint density at radius 2 is 1.60 bits per heavy atom. The molecule has 0 heterocycles. The van der Waals surface area contributed by atoms with Gasteiger partial charge in [-0.3, -0.25) is 0 Å². The molecule has 0 fully saturated rings. The van der Waals surface area contributed by atoms with E-state index in [1.54, 1.807) is 0 Å². The van der Waals surface area contributed by atoms with Crippen LogP contribution in [0.3, 0.4) is 0 Å². The van der Waals surface area contributed by atoms with Crippen LogP contribution >= 0.6 is 6.13 Å². The van der Waals surface area contributed by atoms with Crippen LogP contribution in [0.15, 0.2) is 0 Å². The molecule has 0 aliphatic carbocycles. The molecule has 0 rings (SSSR count). The van der Waals surface area contributed by atoms with Gasteiger partial charge in [0.1, 0.15) is 0 Å². The third-order valence-electron chi connectivity index (χ3n) is 0.272. The zero-order valence-corrected chi connectivity index (χ0v) is 11.0. The summed E-state index contributed by atoms with van der Waals surface area (Å²) in [4.78, 5) is 4.82. The summed E-state index contributed by atoms with van der Waals surface area (Å²) in [5.74, 6) is 0. The van der Waals surface area contributed by atoms with Crippen LogP contribution in [-0.2, 0) is 0 Å². The van der Waals surface area contributed by atoms with Crippen molar-refractivity contribution < 1.29 is 0 Å². The third kappa shape index (κ3) is 5.95. The molecule has 0 aromatic carbocycles. The topological polar surface area (TPSA) is 0 Å². The second-order valence-electron chi connectivity index (χ2n) is 0.607. The van der Waals surface area contributed by atoms with Crippen molar-refractivity contribution in [2.24, 2.45) is 0 Å². The van der Waals surface area contributed by atoms with Crippen LogP contribution < -0.4 is 0 Å². The number of rotatable bonds is 2. The van der Waals surface area contributed by atoms with Crippen molar-refractivity contribution in [2.75, 3.05) is 0 Å². The fraction of sp³-hybridized carbons (Fsp3) is 1.00. The molecule has 0 N–H and O–H groups in total. The van der Waals surface area contributed by atoms with Gasteiger partial charge < -0.3 is 0 Å².